The van der Waals surface area contributed by atoms with Crippen LogP contribution in [0.1, 0.15) is 40.5 Å². The van der Waals surface area contributed by atoms with Crippen molar-refractivity contribution in [2.24, 2.45) is 11.8 Å². The fourth-order valence-electron chi connectivity index (χ4n) is 5.85. The predicted molar refractivity (Wildman–Crippen MR) is 168 cm³/mol. The lowest BCUT2D eigenvalue weighted by molar-refractivity contribution is -0.126. The molecule has 2 aliphatic rings. The first-order valence-corrected chi connectivity index (χ1v) is 14.8. The van der Waals surface area contributed by atoms with E-state index in [0.717, 1.165) is 30.5 Å². The van der Waals surface area contributed by atoms with Crippen molar-refractivity contribution in [3.8, 4) is 23.1 Å². The Bertz CT molecular complexity index is 1580. The van der Waals surface area contributed by atoms with Crippen LogP contribution in [-0.2, 0) is 17.6 Å². The third kappa shape index (κ3) is 6.56. The summed E-state index contributed by atoms with van der Waals surface area (Å²) < 4.78 is 14.7. The van der Waals surface area contributed by atoms with Crippen molar-refractivity contribution >= 4 is 23.6 Å². The maximum absolute atomic E-state index is 14.7. The average molecular weight is 583 g/mol. The number of aromatic amines is 1. The summed E-state index contributed by atoms with van der Waals surface area (Å²) in [5.41, 5.74) is 5.11. The highest BCUT2D eigenvalue weighted by Gasteiger charge is 2.53. The van der Waals surface area contributed by atoms with Gasteiger partial charge in [-0.15, -0.1) is 0 Å². The minimum Gasteiger partial charge on any atom is -0.356 e. The first kappa shape index (κ1) is 30.2. The highest BCUT2D eigenvalue weighted by Crippen LogP contribution is 2.49. The normalized spacial score (nSPS) is 18.9. The zero-order valence-electron chi connectivity index (χ0n) is 25.2. The van der Waals surface area contributed by atoms with Crippen LogP contribution in [0.25, 0.3) is 11.3 Å². The number of rotatable bonds is 11. The molecule has 5 rings (SSSR count). The minimum absolute atomic E-state index is 0.0118. The second-order valence-electron chi connectivity index (χ2n) is 11.4. The van der Waals surface area contributed by atoms with Crippen molar-refractivity contribution < 1.29 is 14.0 Å². The molecule has 1 amide bonds. The molecular weight excluding hydrogens is 543 g/mol. The summed E-state index contributed by atoms with van der Waals surface area (Å²) in [6.07, 6.45) is 9.94. The molecule has 9 heteroatoms. The number of amides is 1. The summed E-state index contributed by atoms with van der Waals surface area (Å²) >= 11 is 0. The Kier molecular flexibility index (Phi) is 9.39. The fraction of sp³-hybridized carbons (Fsp3) is 0.382. The second kappa shape index (κ2) is 13.4. The Labute approximate surface area is 252 Å². The lowest BCUT2D eigenvalue weighted by Gasteiger charge is -2.22. The standard InChI is InChI=1S/C34H39FN6O2/c1-5-24-28(35)8-6-9-29(24)38-34-27(21-42)30(14-15-36-2)39-33(34)25-13-16-37-19-22(25)11-12-31-26-18-23(26)20-41(31)32(43)10-7-17-40(3)4/h6-10,13,16,19,21,23,26,31,36,38-39H,5,14-15,17-18,20H2,1-4H3/b10-7+. The van der Waals surface area contributed by atoms with Crippen molar-refractivity contribution in [3.05, 3.63) is 77.0 Å². The van der Waals surface area contributed by atoms with Crippen molar-refractivity contribution in [1.82, 2.24) is 25.1 Å². The van der Waals surface area contributed by atoms with E-state index in [-0.39, 0.29) is 17.8 Å². The van der Waals surface area contributed by atoms with Crippen molar-refractivity contribution in [1.29, 1.82) is 0 Å². The number of nitrogens with one attached hydrogen (secondary N) is 3. The van der Waals surface area contributed by atoms with Gasteiger partial charge in [0.25, 0.3) is 0 Å². The zero-order valence-corrected chi connectivity index (χ0v) is 25.2. The van der Waals surface area contributed by atoms with Crippen LogP contribution in [0.15, 0.2) is 48.8 Å². The Balaban J connectivity index is 1.53. The molecule has 1 saturated carbocycles. The molecule has 3 aromatic rings. The van der Waals surface area contributed by atoms with E-state index in [4.69, 9.17) is 0 Å². The number of halogens is 1. The van der Waals surface area contributed by atoms with Crippen LogP contribution < -0.4 is 10.6 Å². The maximum Gasteiger partial charge on any atom is 0.247 e. The summed E-state index contributed by atoms with van der Waals surface area (Å²) in [5.74, 6) is 7.32. The quantitative estimate of drug-likeness (QED) is 0.176. The van der Waals surface area contributed by atoms with E-state index in [2.05, 4.69) is 32.4 Å². The summed E-state index contributed by atoms with van der Waals surface area (Å²) in [5, 5.41) is 6.52. The van der Waals surface area contributed by atoms with E-state index in [0.29, 0.717) is 71.5 Å². The van der Waals surface area contributed by atoms with E-state index in [9.17, 15) is 14.0 Å². The van der Waals surface area contributed by atoms with Crippen LogP contribution in [0, 0.1) is 29.5 Å². The van der Waals surface area contributed by atoms with Gasteiger partial charge in [0.2, 0.25) is 5.91 Å². The minimum atomic E-state index is -0.297. The number of carbonyl (C=O) groups excluding carboxylic acids is 2. The molecule has 3 atom stereocenters. The molecule has 1 aliphatic carbocycles. The van der Waals surface area contributed by atoms with E-state index < -0.39 is 0 Å². The van der Waals surface area contributed by atoms with Gasteiger partial charge in [-0.3, -0.25) is 14.6 Å². The SMILES string of the molecule is CCc1c(F)cccc1Nc1c(-c2ccncc2C#CC2C3CC3CN2C(=O)/C=C/CN(C)C)[nH]c(CCNC)c1C=O. The Morgan fingerprint density at radius 3 is 2.88 bits per heavy atom. The van der Waals surface area contributed by atoms with Crippen LogP contribution in [0.5, 0.6) is 0 Å². The van der Waals surface area contributed by atoms with Gasteiger partial charge in [0.1, 0.15) is 5.82 Å². The van der Waals surface area contributed by atoms with Crippen molar-refractivity contribution in [2.45, 2.75) is 32.2 Å². The summed E-state index contributed by atoms with van der Waals surface area (Å²) in [6, 6.07) is 6.62. The third-order valence-electron chi connectivity index (χ3n) is 8.20. The molecule has 224 valence electrons. The van der Waals surface area contributed by atoms with Gasteiger partial charge >= 0.3 is 0 Å². The number of benzene rings is 1. The maximum atomic E-state index is 14.7. The molecule has 43 heavy (non-hydrogen) atoms. The Morgan fingerprint density at radius 2 is 2.14 bits per heavy atom. The number of hydrogen-bond donors (Lipinski definition) is 3. The van der Waals surface area contributed by atoms with Crippen molar-refractivity contribution in [2.75, 3.05) is 46.1 Å². The summed E-state index contributed by atoms with van der Waals surface area (Å²) in [7, 11) is 5.79. The first-order valence-electron chi connectivity index (χ1n) is 14.8. The molecule has 3 heterocycles. The highest BCUT2D eigenvalue weighted by molar-refractivity contribution is 5.96. The number of fused-ring (bicyclic) bond motifs is 1. The first-order chi connectivity index (χ1) is 20.9. The molecule has 0 bridgehead atoms. The van der Waals surface area contributed by atoms with Crippen LogP contribution >= 0.6 is 0 Å². The summed E-state index contributed by atoms with van der Waals surface area (Å²) in [6.45, 7) is 3.99. The van der Waals surface area contributed by atoms with Crippen LogP contribution in [0.4, 0.5) is 15.8 Å². The highest BCUT2D eigenvalue weighted by atomic mass is 19.1. The van der Waals surface area contributed by atoms with Gasteiger partial charge < -0.3 is 25.4 Å². The number of carbonyl (C=O) groups is 2. The lowest BCUT2D eigenvalue weighted by atomic mass is 10.0. The number of hydrogen-bond acceptors (Lipinski definition) is 6. The monoisotopic (exact) mass is 582 g/mol. The topological polar surface area (TPSA) is 93.4 Å². The zero-order chi connectivity index (χ0) is 30.5. The molecule has 1 aromatic carbocycles. The lowest BCUT2D eigenvalue weighted by Crippen LogP contribution is -2.36. The second-order valence-corrected chi connectivity index (χ2v) is 11.4. The molecule has 3 unspecified atom stereocenters. The molecule has 3 N–H and O–H groups in total. The van der Waals surface area contributed by atoms with Crippen LogP contribution in [0.3, 0.4) is 0 Å². The third-order valence-corrected chi connectivity index (χ3v) is 8.20. The van der Waals surface area contributed by atoms with Gasteiger partial charge in [0.05, 0.1) is 28.6 Å². The molecule has 1 saturated heterocycles. The van der Waals surface area contributed by atoms with E-state index in [1.165, 1.54) is 6.07 Å². The van der Waals surface area contributed by atoms with E-state index in [1.807, 2.05) is 56.1 Å². The number of nitrogens with zero attached hydrogens (tertiary/aromatic N) is 3. The fourth-order valence-corrected chi connectivity index (χ4v) is 5.85. The number of piperidine rings is 1. The molecule has 8 nitrogen and oxygen atoms in total. The summed E-state index contributed by atoms with van der Waals surface area (Å²) in [4.78, 5) is 37.2. The van der Waals surface area contributed by atoms with E-state index in [1.54, 1.807) is 24.5 Å². The van der Waals surface area contributed by atoms with Crippen molar-refractivity contribution in [3.63, 3.8) is 0 Å². The number of pyridine rings is 1. The van der Waals surface area contributed by atoms with Gasteiger partial charge in [0.15, 0.2) is 6.29 Å². The number of aromatic nitrogens is 2. The molecular formula is C34H39FN6O2. The van der Waals surface area contributed by atoms with Gasteiger partial charge in [-0.25, -0.2) is 4.39 Å². The average Bonchev–Trinajstić information content (AvgIpc) is 3.55. The van der Waals surface area contributed by atoms with Gasteiger partial charge in [-0.05, 0) is 64.0 Å². The molecule has 0 spiro atoms. The Morgan fingerprint density at radius 1 is 1.30 bits per heavy atom. The Hall–Kier alpha value is -4.26. The smallest absolute Gasteiger partial charge is 0.247 e. The number of H-pyrrole nitrogens is 1. The molecule has 2 aromatic heterocycles. The van der Waals surface area contributed by atoms with Gasteiger partial charge in [0, 0.05) is 67.0 Å². The van der Waals surface area contributed by atoms with Crippen LogP contribution in [0.2, 0.25) is 0 Å². The molecule has 0 radical (unpaired) electrons. The van der Waals surface area contributed by atoms with E-state index >= 15 is 0 Å². The van der Waals surface area contributed by atoms with Crippen LogP contribution in [-0.4, -0.2) is 78.8 Å². The predicted octanol–water partition coefficient (Wildman–Crippen LogP) is 4.41. The van der Waals surface area contributed by atoms with Gasteiger partial charge in [-0.2, -0.15) is 0 Å². The number of aldehydes is 1. The van der Waals surface area contributed by atoms with Gasteiger partial charge in [-0.1, -0.05) is 30.9 Å². The number of anilines is 2. The molecule has 1 aliphatic heterocycles. The largest absolute Gasteiger partial charge is 0.356 e. The number of likely N-dealkylation sites (tertiary alicyclic amines) is 1. The number of likely N-dealkylation sites (N-methyl/N-ethyl adjacent to an activating group) is 2. The molecule has 2 fully saturated rings.